The molecule has 3 aromatic rings. The van der Waals surface area contributed by atoms with Gasteiger partial charge < -0.3 is 5.11 Å². The summed E-state index contributed by atoms with van der Waals surface area (Å²) < 4.78 is 27.2. The Morgan fingerprint density at radius 3 is 2.36 bits per heavy atom. The summed E-state index contributed by atoms with van der Waals surface area (Å²) in [5.74, 6) is -1.29. The molecule has 0 spiro atoms. The average Bonchev–Trinajstić information content (AvgIpc) is 3.04. The number of H-pyrrole nitrogens is 1. The minimum atomic E-state index is -1.09. The molecule has 2 aromatic carbocycles. The number of aliphatic hydroxyl groups excluding tert-OH is 1. The van der Waals surface area contributed by atoms with E-state index < -0.39 is 23.7 Å². The van der Waals surface area contributed by atoms with Crippen molar-refractivity contribution in [1.29, 1.82) is 0 Å². The number of hydrogen-bond acceptors (Lipinski definition) is 3. The summed E-state index contributed by atoms with van der Waals surface area (Å²) in [4.78, 5) is 4.03. The molecule has 0 fully saturated rings. The third-order valence-corrected chi connectivity index (χ3v) is 3.50. The van der Waals surface area contributed by atoms with Crippen LogP contribution in [0.5, 0.6) is 0 Å². The van der Waals surface area contributed by atoms with Crippen molar-refractivity contribution >= 4 is 0 Å². The molecular formula is C16H13F2N3O. The fraction of sp³-hybridized carbons (Fsp3) is 0.125. The fourth-order valence-corrected chi connectivity index (χ4v) is 2.41. The maximum absolute atomic E-state index is 14.1. The van der Waals surface area contributed by atoms with Gasteiger partial charge in [-0.25, -0.2) is 13.8 Å². The number of rotatable bonds is 4. The van der Waals surface area contributed by atoms with Crippen molar-refractivity contribution in [2.45, 2.75) is 12.0 Å². The second kappa shape index (κ2) is 6.03. The number of nitrogens with zero attached hydrogens (tertiary/aromatic N) is 2. The lowest BCUT2D eigenvalue weighted by atomic mass is 9.88. The highest BCUT2D eigenvalue weighted by Gasteiger charge is 2.29. The first-order valence-electron chi connectivity index (χ1n) is 6.70. The minimum absolute atomic E-state index is 0.288. The summed E-state index contributed by atoms with van der Waals surface area (Å²) in [6.45, 7) is 0. The van der Waals surface area contributed by atoms with Crippen molar-refractivity contribution in [2.75, 3.05) is 0 Å². The van der Waals surface area contributed by atoms with Crippen LogP contribution in [0.2, 0.25) is 0 Å². The molecule has 22 heavy (non-hydrogen) atoms. The fourth-order valence-electron chi connectivity index (χ4n) is 2.41. The Kier molecular flexibility index (Phi) is 3.93. The van der Waals surface area contributed by atoms with Gasteiger partial charge in [-0.2, -0.15) is 5.10 Å². The Morgan fingerprint density at radius 1 is 1.00 bits per heavy atom. The van der Waals surface area contributed by atoms with Gasteiger partial charge in [-0.05, 0) is 23.8 Å². The van der Waals surface area contributed by atoms with Crippen molar-refractivity contribution < 1.29 is 13.9 Å². The molecule has 2 N–H and O–H groups in total. The molecule has 0 aliphatic carbocycles. The van der Waals surface area contributed by atoms with Crippen molar-refractivity contribution in [3.8, 4) is 0 Å². The lowest BCUT2D eigenvalue weighted by Crippen LogP contribution is -2.15. The van der Waals surface area contributed by atoms with Crippen molar-refractivity contribution in [1.82, 2.24) is 15.2 Å². The Bertz CT molecular complexity index is 744. The highest BCUT2D eigenvalue weighted by molar-refractivity contribution is 5.32. The molecule has 2 unspecified atom stereocenters. The standard InChI is InChI=1S/C16H13F2N3O/c17-11-7-5-10(6-8-11)15(22)14(16-19-9-20-21-16)12-3-1-2-4-13(12)18/h1-9,14-15,22H,(H,19,20,21). The predicted molar refractivity (Wildman–Crippen MR) is 76.0 cm³/mol. The van der Waals surface area contributed by atoms with Crippen molar-refractivity contribution in [3.63, 3.8) is 0 Å². The quantitative estimate of drug-likeness (QED) is 0.779. The van der Waals surface area contributed by atoms with E-state index in [2.05, 4.69) is 15.2 Å². The molecule has 0 saturated carbocycles. The zero-order chi connectivity index (χ0) is 15.5. The van der Waals surface area contributed by atoms with Gasteiger partial charge in [-0.15, -0.1) is 0 Å². The molecule has 3 rings (SSSR count). The number of benzene rings is 2. The maximum atomic E-state index is 14.1. The molecule has 1 heterocycles. The molecule has 4 nitrogen and oxygen atoms in total. The second-order valence-corrected chi connectivity index (χ2v) is 4.87. The SMILES string of the molecule is OC(c1ccc(F)cc1)C(c1ncn[nH]1)c1ccccc1F. The summed E-state index contributed by atoms with van der Waals surface area (Å²) in [6, 6.07) is 11.6. The van der Waals surface area contributed by atoms with E-state index in [1.54, 1.807) is 18.2 Å². The molecule has 1 aromatic heterocycles. The Labute approximate surface area is 125 Å². The van der Waals surface area contributed by atoms with Gasteiger partial charge in [0.25, 0.3) is 0 Å². The number of nitrogens with one attached hydrogen (secondary N) is 1. The smallest absolute Gasteiger partial charge is 0.137 e. The first-order valence-corrected chi connectivity index (χ1v) is 6.70. The van der Waals surface area contributed by atoms with E-state index in [9.17, 15) is 13.9 Å². The maximum Gasteiger partial charge on any atom is 0.137 e. The number of hydrogen-bond donors (Lipinski definition) is 2. The number of aromatic amines is 1. The number of halogens is 2. The van der Waals surface area contributed by atoms with E-state index in [0.29, 0.717) is 11.4 Å². The first kappa shape index (κ1) is 14.3. The van der Waals surface area contributed by atoms with Crippen LogP contribution in [0.1, 0.15) is 29.0 Å². The molecule has 0 amide bonds. The summed E-state index contributed by atoms with van der Waals surface area (Å²) in [7, 11) is 0. The molecule has 6 heteroatoms. The van der Waals surface area contributed by atoms with Crippen LogP contribution >= 0.6 is 0 Å². The summed E-state index contributed by atoms with van der Waals surface area (Å²) in [6.07, 6.45) is 0.200. The Hall–Kier alpha value is -2.60. The van der Waals surface area contributed by atoms with Crippen LogP contribution in [-0.4, -0.2) is 20.3 Å². The molecular weight excluding hydrogens is 288 g/mol. The van der Waals surface area contributed by atoms with E-state index in [-0.39, 0.29) is 5.56 Å². The summed E-state index contributed by atoms with van der Waals surface area (Å²) >= 11 is 0. The minimum Gasteiger partial charge on any atom is -0.387 e. The van der Waals surface area contributed by atoms with Gasteiger partial charge >= 0.3 is 0 Å². The highest BCUT2D eigenvalue weighted by Crippen LogP contribution is 2.36. The van der Waals surface area contributed by atoms with E-state index in [4.69, 9.17) is 0 Å². The lowest BCUT2D eigenvalue weighted by molar-refractivity contribution is 0.154. The van der Waals surface area contributed by atoms with Gasteiger partial charge in [0.05, 0.1) is 12.0 Å². The number of aliphatic hydroxyl groups is 1. The number of aromatic nitrogens is 3. The normalized spacial score (nSPS) is 13.8. The van der Waals surface area contributed by atoms with E-state index >= 15 is 0 Å². The third-order valence-electron chi connectivity index (χ3n) is 3.50. The van der Waals surface area contributed by atoms with Crippen LogP contribution in [-0.2, 0) is 0 Å². The van der Waals surface area contributed by atoms with E-state index in [1.165, 1.54) is 36.7 Å². The average molecular weight is 301 g/mol. The molecule has 112 valence electrons. The van der Waals surface area contributed by atoms with Gasteiger partial charge in [-0.1, -0.05) is 30.3 Å². The Balaban J connectivity index is 2.06. The van der Waals surface area contributed by atoms with Gasteiger partial charge in [0.2, 0.25) is 0 Å². The van der Waals surface area contributed by atoms with Crippen LogP contribution in [0.4, 0.5) is 8.78 Å². The van der Waals surface area contributed by atoms with Gasteiger partial charge in [0.15, 0.2) is 0 Å². The monoisotopic (exact) mass is 301 g/mol. The van der Waals surface area contributed by atoms with Crippen LogP contribution in [0.15, 0.2) is 54.9 Å². The van der Waals surface area contributed by atoms with E-state index in [1.807, 2.05) is 0 Å². The Morgan fingerprint density at radius 2 is 1.73 bits per heavy atom. The predicted octanol–water partition coefficient (Wildman–Crippen LogP) is 2.95. The molecule has 0 bridgehead atoms. The van der Waals surface area contributed by atoms with Gasteiger partial charge in [-0.3, -0.25) is 5.10 Å². The molecule has 0 saturated heterocycles. The largest absolute Gasteiger partial charge is 0.387 e. The highest BCUT2D eigenvalue weighted by atomic mass is 19.1. The second-order valence-electron chi connectivity index (χ2n) is 4.87. The van der Waals surface area contributed by atoms with Crippen molar-refractivity contribution in [3.05, 3.63) is 83.4 Å². The zero-order valence-corrected chi connectivity index (χ0v) is 11.4. The lowest BCUT2D eigenvalue weighted by Gasteiger charge is -2.22. The van der Waals surface area contributed by atoms with Crippen LogP contribution in [0, 0.1) is 11.6 Å². The first-order chi connectivity index (χ1) is 10.7. The van der Waals surface area contributed by atoms with Crippen LogP contribution < -0.4 is 0 Å². The zero-order valence-electron chi connectivity index (χ0n) is 11.4. The summed E-state index contributed by atoms with van der Waals surface area (Å²) in [5.41, 5.74) is 0.752. The van der Waals surface area contributed by atoms with Gasteiger partial charge in [0, 0.05) is 5.56 Å². The van der Waals surface area contributed by atoms with Gasteiger partial charge in [0.1, 0.15) is 23.8 Å². The molecule has 0 radical (unpaired) electrons. The van der Waals surface area contributed by atoms with E-state index in [0.717, 1.165) is 0 Å². The summed E-state index contributed by atoms with van der Waals surface area (Å²) in [5, 5.41) is 17.1. The topological polar surface area (TPSA) is 61.8 Å². The molecule has 2 atom stereocenters. The molecule has 0 aliphatic heterocycles. The van der Waals surface area contributed by atoms with Crippen LogP contribution in [0.3, 0.4) is 0 Å². The van der Waals surface area contributed by atoms with Crippen LogP contribution in [0.25, 0.3) is 0 Å². The molecule has 0 aliphatic rings. The third kappa shape index (κ3) is 2.73. The van der Waals surface area contributed by atoms with Crippen molar-refractivity contribution in [2.24, 2.45) is 0 Å².